The van der Waals surface area contributed by atoms with Gasteiger partial charge in [0.1, 0.15) is 24.0 Å². The lowest BCUT2D eigenvalue weighted by atomic mass is 10.0. The number of nitrogens with one attached hydrogen (secondary N) is 1. The maximum atomic E-state index is 9.40. The molecule has 0 aliphatic carbocycles. The smallest absolute Gasteiger partial charge is 0.236 e. The topological polar surface area (TPSA) is 80.9 Å². The zero-order chi connectivity index (χ0) is 15.4. The molecule has 0 atom stereocenters. The molecule has 1 saturated heterocycles. The van der Waals surface area contributed by atoms with Gasteiger partial charge < -0.3 is 20.2 Å². The number of ether oxygens (including phenoxy) is 1. The van der Waals surface area contributed by atoms with Crippen molar-refractivity contribution in [3.05, 3.63) is 42.0 Å². The minimum Gasteiger partial charge on any atom is -0.490 e. The number of oxime groups is 1. The molecule has 6 heteroatoms. The van der Waals surface area contributed by atoms with E-state index in [1.54, 1.807) is 0 Å². The third-order valence-electron chi connectivity index (χ3n) is 3.68. The van der Waals surface area contributed by atoms with Crippen LogP contribution in [0.5, 0.6) is 5.75 Å². The van der Waals surface area contributed by atoms with Crippen LogP contribution in [0.4, 0.5) is 0 Å². The molecule has 3 rings (SSSR count). The third-order valence-corrected chi connectivity index (χ3v) is 3.68. The monoisotopic (exact) mass is 296 g/mol. The Balaban J connectivity index is 1.73. The molecule has 2 aromatic carbocycles. The van der Waals surface area contributed by atoms with Gasteiger partial charge in [0.25, 0.3) is 0 Å². The summed E-state index contributed by atoms with van der Waals surface area (Å²) < 4.78 is 5.76. The van der Waals surface area contributed by atoms with Gasteiger partial charge in [-0.05, 0) is 11.5 Å². The van der Waals surface area contributed by atoms with Crippen LogP contribution in [0.15, 0.2) is 41.6 Å². The van der Waals surface area contributed by atoms with Crippen molar-refractivity contribution in [3.63, 3.8) is 0 Å². The number of hydrogen-bond acceptors (Lipinski definition) is 4. The minimum atomic E-state index is 0.410. The van der Waals surface area contributed by atoms with Crippen LogP contribution in [-0.4, -0.2) is 42.3 Å². The fraction of sp³-hybridized carbons (Fsp3) is 0.250. The average molecular weight is 296 g/mol. The summed E-state index contributed by atoms with van der Waals surface area (Å²) in [6.07, 6.45) is 0. The molecule has 2 N–H and O–H groups in total. The Morgan fingerprint density at radius 2 is 2.18 bits per heavy atom. The van der Waals surface area contributed by atoms with Crippen molar-refractivity contribution in [1.29, 1.82) is 5.26 Å². The van der Waals surface area contributed by atoms with E-state index in [2.05, 4.69) is 16.5 Å². The number of nitriles is 1. The van der Waals surface area contributed by atoms with E-state index in [0.717, 1.165) is 23.9 Å². The maximum Gasteiger partial charge on any atom is 0.236 e. The molecule has 0 bridgehead atoms. The summed E-state index contributed by atoms with van der Waals surface area (Å²) in [6.45, 7) is 2.52. The lowest BCUT2D eigenvalue weighted by Gasteiger charge is -2.17. The molecule has 0 amide bonds. The second-order valence-electron chi connectivity index (χ2n) is 4.96. The van der Waals surface area contributed by atoms with Crippen molar-refractivity contribution in [3.8, 4) is 11.8 Å². The van der Waals surface area contributed by atoms with Gasteiger partial charge in [-0.3, -0.25) is 0 Å². The summed E-state index contributed by atoms with van der Waals surface area (Å²) in [5.74, 6) is 1.04. The van der Waals surface area contributed by atoms with Crippen LogP contribution in [0.25, 0.3) is 10.8 Å². The maximum absolute atomic E-state index is 9.40. The van der Waals surface area contributed by atoms with Crippen LogP contribution in [0.2, 0.25) is 0 Å². The Hall–Kier alpha value is -2.94. The van der Waals surface area contributed by atoms with Gasteiger partial charge in [0.15, 0.2) is 0 Å². The standard InChI is InChI=1S/C16H16N4O2/c17-11-14-13-4-2-1-3-12(13)5-6-15(14)22-10-9-20-8-7-18-16(20)19-21/h1-6,21H,7-10H2,(H,18,19). The fourth-order valence-electron chi connectivity index (χ4n) is 2.59. The van der Waals surface area contributed by atoms with E-state index in [1.807, 2.05) is 41.3 Å². The molecule has 1 aliphatic rings. The van der Waals surface area contributed by atoms with Gasteiger partial charge in [0.2, 0.25) is 5.96 Å². The van der Waals surface area contributed by atoms with Gasteiger partial charge in [-0.25, -0.2) is 0 Å². The Kier molecular flexibility index (Phi) is 3.97. The number of benzene rings is 2. The van der Waals surface area contributed by atoms with Crippen molar-refractivity contribution < 1.29 is 9.94 Å². The molecule has 2 aromatic rings. The molecular weight excluding hydrogens is 280 g/mol. The Bertz CT molecular complexity index is 751. The number of hydrogen-bond donors (Lipinski definition) is 2. The highest BCUT2D eigenvalue weighted by Crippen LogP contribution is 2.27. The molecule has 1 fully saturated rings. The van der Waals surface area contributed by atoms with Crippen molar-refractivity contribution in [2.24, 2.45) is 5.16 Å². The van der Waals surface area contributed by atoms with E-state index in [-0.39, 0.29) is 0 Å². The molecule has 0 unspecified atom stereocenters. The van der Waals surface area contributed by atoms with Gasteiger partial charge in [-0.15, -0.1) is 0 Å². The predicted octanol–water partition coefficient (Wildman–Crippen LogP) is 1.74. The summed E-state index contributed by atoms with van der Waals surface area (Å²) in [5.41, 5.74) is 0.550. The van der Waals surface area contributed by atoms with E-state index in [9.17, 15) is 5.26 Å². The lowest BCUT2D eigenvalue weighted by molar-refractivity contribution is 0.265. The molecule has 1 heterocycles. The Morgan fingerprint density at radius 3 is 3.00 bits per heavy atom. The summed E-state index contributed by atoms with van der Waals surface area (Å²) in [5, 5.41) is 26.3. The molecule has 22 heavy (non-hydrogen) atoms. The Labute approximate surface area is 128 Å². The van der Waals surface area contributed by atoms with Crippen molar-refractivity contribution in [1.82, 2.24) is 10.2 Å². The van der Waals surface area contributed by atoms with Crippen LogP contribution >= 0.6 is 0 Å². The predicted molar refractivity (Wildman–Crippen MR) is 83.0 cm³/mol. The first-order valence-corrected chi connectivity index (χ1v) is 7.09. The SMILES string of the molecule is N#Cc1c(OCCN2CCNC2=NO)ccc2ccccc12. The quantitative estimate of drug-likeness (QED) is 0.663. The molecule has 112 valence electrons. The van der Waals surface area contributed by atoms with E-state index < -0.39 is 0 Å². The number of guanidine groups is 1. The van der Waals surface area contributed by atoms with Crippen molar-refractivity contribution in [2.45, 2.75) is 0 Å². The van der Waals surface area contributed by atoms with Gasteiger partial charge in [-0.1, -0.05) is 35.5 Å². The average Bonchev–Trinajstić information content (AvgIpc) is 3.02. The largest absolute Gasteiger partial charge is 0.490 e. The lowest BCUT2D eigenvalue weighted by Crippen LogP contribution is -2.33. The first-order chi connectivity index (χ1) is 10.8. The molecule has 0 aromatic heterocycles. The van der Waals surface area contributed by atoms with E-state index in [1.165, 1.54) is 0 Å². The van der Waals surface area contributed by atoms with E-state index >= 15 is 0 Å². The molecule has 1 aliphatic heterocycles. The first-order valence-electron chi connectivity index (χ1n) is 7.09. The molecule has 0 radical (unpaired) electrons. The van der Waals surface area contributed by atoms with Gasteiger partial charge in [0.05, 0.1) is 6.54 Å². The highest BCUT2D eigenvalue weighted by atomic mass is 16.5. The van der Waals surface area contributed by atoms with Gasteiger partial charge >= 0.3 is 0 Å². The minimum absolute atomic E-state index is 0.410. The molecule has 0 saturated carbocycles. The van der Waals surface area contributed by atoms with Crippen molar-refractivity contribution in [2.75, 3.05) is 26.2 Å². The van der Waals surface area contributed by atoms with E-state index in [0.29, 0.717) is 30.4 Å². The van der Waals surface area contributed by atoms with Crippen LogP contribution in [0, 0.1) is 11.3 Å². The van der Waals surface area contributed by atoms with E-state index in [4.69, 9.17) is 9.94 Å². The number of rotatable bonds is 4. The summed E-state index contributed by atoms with van der Waals surface area (Å²) in [4.78, 5) is 1.90. The van der Waals surface area contributed by atoms with Crippen LogP contribution < -0.4 is 10.1 Å². The third kappa shape index (κ3) is 2.61. The Morgan fingerprint density at radius 1 is 1.32 bits per heavy atom. The molecule has 6 nitrogen and oxygen atoms in total. The number of nitrogens with zero attached hydrogens (tertiary/aromatic N) is 3. The zero-order valence-corrected chi connectivity index (χ0v) is 12.0. The second kappa shape index (κ2) is 6.22. The zero-order valence-electron chi connectivity index (χ0n) is 12.0. The fourth-order valence-corrected chi connectivity index (χ4v) is 2.59. The van der Waals surface area contributed by atoms with Crippen LogP contribution in [-0.2, 0) is 0 Å². The van der Waals surface area contributed by atoms with Crippen LogP contribution in [0.1, 0.15) is 5.56 Å². The highest BCUT2D eigenvalue weighted by molar-refractivity contribution is 5.90. The summed E-state index contributed by atoms with van der Waals surface area (Å²) in [6, 6.07) is 13.7. The van der Waals surface area contributed by atoms with Gasteiger partial charge in [0, 0.05) is 18.5 Å². The first kappa shape index (κ1) is 14.0. The van der Waals surface area contributed by atoms with Crippen LogP contribution in [0.3, 0.4) is 0 Å². The number of fused-ring (bicyclic) bond motifs is 1. The van der Waals surface area contributed by atoms with Gasteiger partial charge in [-0.2, -0.15) is 5.26 Å². The molecule has 0 spiro atoms. The second-order valence-corrected chi connectivity index (χ2v) is 4.96. The summed E-state index contributed by atoms with van der Waals surface area (Å²) >= 11 is 0. The molecular formula is C16H16N4O2. The summed E-state index contributed by atoms with van der Waals surface area (Å²) in [7, 11) is 0. The highest BCUT2D eigenvalue weighted by Gasteiger charge is 2.18. The van der Waals surface area contributed by atoms with Crippen molar-refractivity contribution >= 4 is 16.7 Å². The normalized spacial score (nSPS) is 15.8.